The Morgan fingerprint density at radius 1 is 0.789 bits per heavy atom. The maximum atomic E-state index is 14.3. The van der Waals surface area contributed by atoms with Crippen molar-refractivity contribution in [1.82, 2.24) is 14.7 Å². The molecule has 3 aliphatic heterocycles. The summed E-state index contributed by atoms with van der Waals surface area (Å²) in [5, 5.41) is 0. The van der Waals surface area contributed by atoms with Crippen molar-refractivity contribution < 1.29 is 9.59 Å². The van der Waals surface area contributed by atoms with Gasteiger partial charge in [0.05, 0.1) is 12.0 Å². The Labute approximate surface area is 226 Å². The molecule has 0 bridgehead atoms. The molecule has 0 aliphatic carbocycles. The average molecular weight is 508 g/mol. The quantitative estimate of drug-likeness (QED) is 0.485. The minimum absolute atomic E-state index is 0.0557. The van der Waals surface area contributed by atoms with Crippen LogP contribution >= 0.6 is 0 Å². The fraction of sp³-hybridized carbons (Fsp3) is 0.394. The summed E-state index contributed by atoms with van der Waals surface area (Å²) in [6.45, 7) is 4.48. The lowest BCUT2D eigenvalue weighted by Gasteiger charge is -2.44. The molecular formula is C33H37N3O2. The molecule has 3 saturated heterocycles. The number of hydrogen-bond donors (Lipinski definition) is 0. The maximum Gasteiger partial charge on any atom is 0.242 e. The first-order valence-corrected chi connectivity index (χ1v) is 14.1. The molecule has 3 aromatic carbocycles. The van der Waals surface area contributed by atoms with Gasteiger partial charge in [0.2, 0.25) is 11.8 Å². The molecular weight excluding hydrogens is 470 g/mol. The van der Waals surface area contributed by atoms with Crippen LogP contribution in [-0.4, -0.2) is 65.3 Å². The predicted octanol–water partition coefficient (Wildman–Crippen LogP) is 4.72. The fourth-order valence-corrected chi connectivity index (χ4v) is 7.11. The van der Waals surface area contributed by atoms with Gasteiger partial charge in [-0.15, -0.1) is 0 Å². The first-order valence-electron chi connectivity index (χ1n) is 14.1. The first-order chi connectivity index (χ1) is 18.6. The van der Waals surface area contributed by atoms with E-state index in [0.717, 1.165) is 56.6 Å². The zero-order valence-corrected chi connectivity index (χ0v) is 22.0. The number of piperidine rings is 2. The van der Waals surface area contributed by atoms with Crippen molar-refractivity contribution in [2.75, 3.05) is 32.7 Å². The van der Waals surface area contributed by atoms with Crippen molar-refractivity contribution in [2.24, 2.45) is 5.92 Å². The third-order valence-corrected chi connectivity index (χ3v) is 8.92. The minimum atomic E-state index is -0.745. The molecule has 0 saturated carbocycles. The Balaban J connectivity index is 1.20. The van der Waals surface area contributed by atoms with Crippen LogP contribution in [0, 0.1) is 5.92 Å². The van der Waals surface area contributed by atoms with E-state index >= 15 is 0 Å². The minimum Gasteiger partial charge on any atom is -0.337 e. The lowest BCUT2D eigenvalue weighted by Crippen LogP contribution is -2.57. The van der Waals surface area contributed by atoms with Crippen LogP contribution in [0.15, 0.2) is 91.0 Å². The second kappa shape index (κ2) is 10.7. The van der Waals surface area contributed by atoms with E-state index in [1.54, 1.807) is 0 Å². The summed E-state index contributed by atoms with van der Waals surface area (Å²) in [4.78, 5) is 34.6. The summed E-state index contributed by atoms with van der Waals surface area (Å²) >= 11 is 0. The number of fused-ring (bicyclic) bond motifs is 1. The van der Waals surface area contributed by atoms with Crippen LogP contribution < -0.4 is 0 Å². The van der Waals surface area contributed by atoms with Crippen LogP contribution in [0.1, 0.15) is 42.4 Å². The molecule has 0 unspecified atom stereocenters. The van der Waals surface area contributed by atoms with E-state index < -0.39 is 5.41 Å². The van der Waals surface area contributed by atoms with E-state index in [-0.39, 0.29) is 24.4 Å². The highest BCUT2D eigenvalue weighted by Gasteiger charge is 2.48. The van der Waals surface area contributed by atoms with Crippen LogP contribution in [0.2, 0.25) is 0 Å². The molecule has 0 radical (unpaired) electrons. The second-order valence-electron chi connectivity index (χ2n) is 11.2. The van der Waals surface area contributed by atoms with Crippen molar-refractivity contribution in [3.8, 4) is 0 Å². The Kier molecular flexibility index (Phi) is 7.03. The van der Waals surface area contributed by atoms with E-state index in [9.17, 15) is 9.59 Å². The van der Waals surface area contributed by atoms with Crippen LogP contribution in [0.25, 0.3) is 0 Å². The van der Waals surface area contributed by atoms with Crippen LogP contribution in [-0.2, 0) is 21.5 Å². The normalized spacial score (nSPS) is 23.3. The molecule has 0 spiro atoms. The predicted molar refractivity (Wildman–Crippen MR) is 149 cm³/mol. The number of likely N-dealkylation sites (tertiary alicyclic amines) is 3. The van der Waals surface area contributed by atoms with E-state index in [4.69, 9.17) is 0 Å². The van der Waals surface area contributed by atoms with Gasteiger partial charge < -0.3 is 9.80 Å². The van der Waals surface area contributed by atoms with Crippen LogP contribution in [0.4, 0.5) is 0 Å². The lowest BCUT2D eigenvalue weighted by molar-refractivity contribution is -0.147. The highest BCUT2D eigenvalue weighted by Crippen LogP contribution is 2.41. The van der Waals surface area contributed by atoms with E-state index in [2.05, 4.69) is 64.4 Å². The topological polar surface area (TPSA) is 43.9 Å². The van der Waals surface area contributed by atoms with Crippen molar-refractivity contribution >= 4 is 11.8 Å². The standard InChI is InChI=1S/C33H37N3O2/c37-31(36-21-10-14-27-23-34(24-30(27)36)22-26-12-4-1-5-13-26)25-35-20-11-19-33(32(35)38,28-15-6-2-7-16-28)29-17-8-3-9-18-29/h1-9,12-13,15-18,27,30H,10-11,14,19-25H2/t27-,30+/m0/s1. The van der Waals surface area contributed by atoms with E-state index in [0.29, 0.717) is 12.5 Å². The highest BCUT2D eigenvalue weighted by molar-refractivity contribution is 5.95. The van der Waals surface area contributed by atoms with Gasteiger partial charge in [0.1, 0.15) is 0 Å². The third kappa shape index (κ3) is 4.64. The molecule has 0 N–H and O–H groups in total. The van der Waals surface area contributed by atoms with Gasteiger partial charge in [0.15, 0.2) is 0 Å². The molecule has 5 nitrogen and oxygen atoms in total. The van der Waals surface area contributed by atoms with Crippen molar-refractivity contribution in [3.05, 3.63) is 108 Å². The number of carbonyl (C=O) groups is 2. The summed E-state index contributed by atoms with van der Waals surface area (Å²) in [6, 6.07) is 31.1. The molecule has 3 aromatic rings. The molecule has 2 amide bonds. The largest absolute Gasteiger partial charge is 0.337 e. The third-order valence-electron chi connectivity index (χ3n) is 8.92. The molecule has 3 aliphatic rings. The zero-order valence-electron chi connectivity index (χ0n) is 22.0. The number of nitrogens with zero attached hydrogens (tertiary/aromatic N) is 3. The van der Waals surface area contributed by atoms with Gasteiger partial charge in [-0.1, -0.05) is 91.0 Å². The van der Waals surface area contributed by atoms with Gasteiger partial charge in [0, 0.05) is 38.8 Å². The Hall–Kier alpha value is -3.44. The molecule has 5 heteroatoms. The fourth-order valence-electron chi connectivity index (χ4n) is 7.11. The van der Waals surface area contributed by atoms with E-state index in [1.807, 2.05) is 41.3 Å². The monoisotopic (exact) mass is 507 g/mol. The van der Waals surface area contributed by atoms with Gasteiger partial charge in [-0.3, -0.25) is 14.5 Å². The SMILES string of the molecule is O=C(CN1CCCC(c2ccccc2)(c2ccccc2)C1=O)N1CCC[C@H]2CN(Cc3ccccc3)C[C@H]21. The summed E-state index contributed by atoms with van der Waals surface area (Å²) in [6.07, 6.45) is 3.85. The average Bonchev–Trinajstić information content (AvgIpc) is 3.38. The van der Waals surface area contributed by atoms with Gasteiger partial charge in [-0.25, -0.2) is 0 Å². The van der Waals surface area contributed by atoms with Gasteiger partial charge in [-0.2, -0.15) is 0 Å². The molecule has 38 heavy (non-hydrogen) atoms. The first kappa shape index (κ1) is 24.9. The maximum absolute atomic E-state index is 14.3. The van der Waals surface area contributed by atoms with Crippen LogP contribution in [0.3, 0.4) is 0 Å². The smallest absolute Gasteiger partial charge is 0.242 e. The zero-order chi connectivity index (χ0) is 26.0. The molecule has 3 fully saturated rings. The van der Waals surface area contributed by atoms with E-state index in [1.165, 1.54) is 12.0 Å². The molecule has 2 atom stereocenters. The van der Waals surface area contributed by atoms with Gasteiger partial charge in [0.25, 0.3) is 0 Å². The summed E-state index contributed by atoms with van der Waals surface area (Å²) < 4.78 is 0. The number of carbonyl (C=O) groups excluding carboxylic acids is 2. The van der Waals surface area contributed by atoms with Gasteiger partial charge >= 0.3 is 0 Å². The second-order valence-corrected chi connectivity index (χ2v) is 11.2. The van der Waals surface area contributed by atoms with Crippen molar-refractivity contribution in [1.29, 1.82) is 0 Å². The summed E-state index contributed by atoms with van der Waals surface area (Å²) in [7, 11) is 0. The molecule has 0 aromatic heterocycles. The van der Waals surface area contributed by atoms with Crippen molar-refractivity contribution in [2.45, 2.75) is 43.7 Å². The number of rotatable bonds is 6. The Morgan fingerprint density at radius 2 is 1.42 bits per heavy atom. The van der Waals surface area contributed by atoms with Crippen LogP contribution in [0.5, 0.6) is 0 Å². The number of amides is 2. The van der Waals surface area contributed by atoms with Crippen molar-refractivity contribution in [3.63, 3.8) is 0 Å². The summed E-state index contributed by atoms with van der Waals surface area (Å²) in [5.41, 5.74) is 2.60. The number of benzene rings is 3. The van der Waals surface area contributed by atoms with Gasteiger partial charge in [-0.05, 0) is 48.3 Å². The summed E-state index contributed by atoms with van der Waals surface area (Å²) in [5.74, 6) is 0.674. The molecule has 3 heterocycles. The highest BCUT2D eigenvalue weighted by atomic mass is 16.2. The lowest BCUT2D eigenvalue weighted by atomic mass is 9.68. The Bertz CT molecular complexity index is 1210. The number of hydrogen-bond acceptors (Lipinski definition) is 3. The molecule has 6 rings (SSSR count). The molecule has 196 valence electrons. The Morgan fingerprint density at radius 3 is 2.08 bits per heavy atom.